The molecule has 8 heteroatoms. The number of nitriles is 1. The second kappa shape index (κ2) is 8.44. The third kappa shape index (κ3) is 4.62. The van der Waals surface area contributed by atoms with E-state index in [0.29, 0.717) is 29.8 Å². The van der Waals surface area contributed by atoms with Gasteiger partial charge in [-0.15, -0.1) is 0 Å². The second-order valence-electron chi connectivity index (χ2n) is 7.72. The minimum absolute atomic E-state index is 0.0565. The van der Waals surface area contributed by atoms with Crippen molar-refractivity contribution in [3.63, 3.8) is 0 Å². The lowest BCUT2D eigenvalue weighted by atomic mass is 9.94. The van der Waals surface area contributed by atoms with Gasteiger partial charge in [-0.2, -0.15) is 18.4 Å². The maximum absolute atomic E-state index is 13.2. The van der Waals surface area contributed by atoms with Crippen molar-refractivity contribution in [3.8, 4) is 17.2 Å². The number of aromatic nitrogens is 1. The van der Waals surface area contributed by atoms with E-state index in [1.165, 1.54) is 6.07 Å². The first kappa shape index (κ1) is 21.8. The summed E-state index contributed by atoms with van der Waals surface area (Å²) in [6, 6.07) is 7.83. The summed E-state index contributed by atoms with van der Waals surface area (Å²) in [6.45, 7) is 2.47. The van der Waals surface area contributed by atoms with Gasteiger partial charge in [0.15, 0.2) is 0 Å². The van der Waals surface area contributed by atoms with Gasteiger partial charge in [0.1, 0.15) is 0 Å². The molecule has 0 saturated carbocycles. The minimum atomic E-state index is -4.51. The van der Waals surface area contributed by atoms with E-state index < -0.39 is 17.8 Å². The summed E-state index contributed by atoms with van der Waals surface area (Å²) in [7, 11) is 1.78. The van der Waals surface area contributed by atoms with Crippen LogP contribution in [0.2, 0.25) is 0 Å². The fourth-order valence-corrected chi connectivity index (χ4v) is 3.79. The van der Waals surface area contributed by atoms with Gasteiger partial charge in [0.2, 0.25) is 5.91 Å². The number of aryl methyl sites for hydroxylation is 1. The zero-order chi connectivity index (χ0) is 22.1. The van der Waals surface area contributed by atoms with Gasteiger partial charge < -0.3 is 10.6 Å². The van der Waals surface area contributed by atoms with Crippen LogP contribution in [0, 0.1) is 24.2 Å². The van der Waals surface area contributed by atoms with Crippen LogP contribution in [0.4, 0.5) is 13.2 Å². The minimum Gasteiger partial charge on any atom is -0.345 e. The highest BCUT2D eigenvalue weighted by Gasteiger charge is 2.31. The maximum Gasteiger partial charge on any atom is 0.416 e. The van der Waals surface area contributed by atoms with Crippen LogP contribution in [0.25, 0.3) is 11.1 Å². The molecule has 1 aliphatic heterocycles. The summed E-state index contributed by atoms with van der Waals surface area (Å²) in [5.74, 6) is 0.0571. The van der Waals surface area contributed by atoms with E-state index in [-0.39, 0.29) is 23.0 Å². The summed E-state index contributed by atoms with van der Waals surface area (Å²) in [4.78, 5) is 18.2. The normalized spacial score (nSPS) is 17.8. The van der Waals surface area contributed by atoms with Gasteiger partial charge in [-0.3, -0.25) is 9.78 Å². The number of hydrogen-bond acceptors (Lipinski definition) is 4. The zero-order valence-corrected chi connectivity index (χ0v) is 16.8. The molecule has 0 aliphatic carbocycles. The number of amides is 1. The highest BCUT2D eigenvalue weighted by Crippen LogP contribution is 2.35. The van der Waals surface area contributed by atoms with Gasteiger partial charge in [0, 0.05) is 36.8 Å². The van der Waals surface area contributed by atoms with E-state index in [4.69, 9.17) is 5.73 Å². The van der Waals surface area contributed by atoms with Crippen LogP contribution in [0.1, 0.15) is 47.8 Å². The van der Waals surface area contributed by atoms with Gasteiger partial charge in [0.25, 0.3) is 0 Å². The molecule has 5 nitrogen and oxygen atoms in total. The van der Waals surface area contributed by atoms with E-state index in [2.05, 4.69) is 4.98 Å². The lowest BCUT2D eigenvalue weighted by molar-refractivity contribution is -0.137. The van der Waals surface area contributed by atoms with E-state index in [9.17, 15) is 23.2 Å². The van der Waals surface area contributed by atoms with Crippen LogP contribution in [-0.2, 0) is 11.0 Å². The Hall–Kier alpha value is -2.92. The molecule has 2 heterocycles. The predicted molar refractivity (Wildman–Crippen MR) is 106 cm³/mol. The molecular weight excluding hydrogens is 393 g/mol. The van der Waals surface area contributed by atoms with Gasteiger partial charge in [0.05, 0.1) is 22.9 Å². The third-order valence-electron chi connectivity index (χ3n) is 5.50. The van der Waals surface area contributed by atoms with Crippen LogP contribution in [0.5, 0.6) is 0 Å². The number of pyridine rings is 1. The van der Waals surface area contributed by atoms with Crippen LogP contribution in [0.3, 0.4) is 0 Å². The summed E-state index contributed by atoms with van der Waals surface area (Å²) in [6.07, 6.45) is -2.55. The van der Waals surface area contributed by atoms with Crippen molar-refractivity contribution < 1.29 is 18.0 Å². The molecule has 0 spiro atoms. The number of rotatable bonds is 5. The molecule has 2 aromatic rings. The number of alkyl halides is 3. The average molecular weight is 416 g/mol. The van der Waals surface area contributed by atoms with E-state index in [0.717, 1.165) is 25.1 Å². The van der Waals surface area contributed by atoms with Crippen molar-refractivity contribution in [3.05, 3.63) is 52.8 Å². The van der Waals surface area contributed by atoms with Crippen molar-refractivity contribution in [2.45, 2.75) is 38.4 Å². The van der Waals surface area contributed by atoms with Gasteiger partial charge in [-0.25, -0.2) is 0 Å². The van der Waals surface area contributed by atoms with Crippen molar-refractivity contribution in [2.24, 2.45) is 11.7 Å². The molecule has 1 aromatic heterocycles. The Bertz CT molecular complexity index is 997. The molecule has 0 radical (unpaired) electrons. The Morgan fingerprint density at radius 1 is 1.33 bits per heavy atom. The molecule has 2 N–H and O–H groups in total. The molecular formula is C22H23F3N4O. The van der Waals surface area contributed by atoms with Crippen molar-refractivity contribution >= 4 is 5.91 Å². The van der Waals surface area contributed by atoms with E-state index in [1.807, 2.05) is 6.07 Å². The lowest BCUT2D eigenvalue weighted by Gasteiger charge is -2.17. The molecule has 30 heavy (non-hydrogen) atoms. The van der Waals surface area contributed by atoms with Crippen molar-refractivity contribution in [2.75, 3.05) is 13.6 Å². The number of hydrogen-bond donors (Lipinski definition) is 1. The summed E-state index contributed by atoms with van der Waals surface area (Å²) < 4.78 is 39.5. The number of nitrogens with zero attached hydrogens (tertiary/aromatic N) is 3. The molecule has 1 amide bonds. The average Bonchev–Trinajstić information content (AvgIpc) is 3.02. The number of likely N-dealkylation sites (tertiary alicyclic amines) is 1. The Morgan fingerprint density at radius 3 is 2.67 bits per heavy atom. The first-order valence-electron chi connectivity index (χ1n) is 9.71. The number of halogens is 3. The fourth-order valence-electron chi connectivity index (χ4n) is 3.79. The zero-order valence-electron chi connectivity index (χ0n) is 16.8. The SMILES string of the molecule is Cc1cc(-c2cc(C(F)(F)F)ccc2C#N)cc([C@H](N)CC[C@@H]2CCN(C)C2=O)n1. The van der Waals surface area contributed by atoms with Crippen LogP contribution in [0.15, 0.2) is 30.3 Å². The van der Waals surface area contributed by atoms with Gasteiger partial charge in [-0.1, -0.05) is 0 Å². The number of carbonyl (C=O) groups excluding carboxylic acids is 1. The van der Waals surface area contributed by atoms with Crippen LogP contribution < -0.4 is 5.73 Å². The van der Waals surface area contributed by atoms with Gasteiger partial charge in [-0.05, 0) is 62.1 Å². The predicted octanol–water partition coefficient (Wildman–Crippen LogP) is 4.21. The molecule has 1 saturated heterocycles. The number of nitrogens with two attached hydrogens (primary N) is 1. The second-order valence-corrected chi connectivity index (χ2v) is 7.72. The Morgan fingerprint density at radius 2 is 2.07 bits per heavy atom. The fraction of sp³-hybridized carbons (Fsp3) is 0.409. The molecule has 0 unspecified atom stereocenters. The van der Waals surface area contributed by atoms with Gasteiger partial charge >= 0.3 is 6.18 Å². The Labute approximate surface area is 173 Å². The molecule has 1 aromatic carbocycles. The third-order valence-corrected chi connectivity index (χ3v) is 5.50. The lowest BCUT2D eigenvalue weighted by Crippen LogP contribution is -2.23. The standard InChI is InChI=1S/C22H23F3N4O/c1-13-9-16(18-11-17(22(23,24)25)5-3-15(18)12-26)10-20(28-13)19(27)6-4-14-7-8-29(2)21(14)30/h3,5,9-11,14,19H,4,6-8,27H2,1-2H3/t14-,19-/m1/s1. The van der Waals surface area contributed by atoms with E-state index in [1.54, 1.807) is 31.0 Å². The molecule has 158 valence electrons. The largest absolute Gasteiger partial charge is 0.416 e. The highest BCUT2D eigenvalue weighted by molar-refractivity contribution is 5.80. The Balaban J connectivity index is 1.88. The first-order valence-corrected chi connectivity index (χ1v) is 9.71. The summed E-state index contributed by atoms with van der Waals surface area (Å²) in [5, 5.41) is 9.37. The summed E-state index contributed by atoms with van der Waals surface area (Å²) >= 11 is 0. The van der Waals surface area contributed by atoms with Crippen molar-refractivity contribution in [1.29, 1.82) is 5.26 Å². The first-order chi connectivity index (χ1) is 14.1. The molecule has 3 rings (SSSR count). The highest BCUT2D eigenvalue weighted by atomic mass is 19.4. The quantitative estimate of drug-likeness (QED) is 0.792. The molecule has 2 atom stereocenters. The molecule has 0 bridgehead atoms. The molecule has 1 aliphatic rings. The smallest absolute Gasteiger partial charge is 0.345 e. The topological polar surface area (TPSA) is 83.0 Å². The van der Waals surface area contributed by atoms with Crippen molar-refractivity contribution in [1.82, 2.24) is 9.88 Å². The monoisotopic (exact) mass is 416 g/mol. The molecule has 1 fully saturated rings. The van der Waals surface area contributed by atoms with Crippen LogP contribution >= 0.6 is 0 Å². The maximum atomic E-state index is 13.2. The van der Waals surface area contributed by atoms with Crippen LogP contribution in [-0.4, -0.2) is 29.4 Å². The Kier molecular flexibility index (Phi) is 6.13. The summed E-state index contributed by atoms with van der Waals surface area (Å²) in [5.41, 5.74) is 7.42. The van der Waals surface area contributed by atoms with E-state index >= 15 is 0 Å². The number of carbonyl (C=O) groups is 1. The number of benzene rings is 1.